The van der Waals surface area contributed by atoms with Crippen LogP contribution in [0.4, 0.5) is 0 Å². The van der Waals surface area contributed by atoms with E-state index in [-0.39, 0.29) is 29.8 Å². The van der Waals surface area contributed by atoms with Crippen LogP contribution in [0.5, 0.6) is 0 Å². The van der Waals surface area contributed by atoms with Gasteiger partial charge in [-0.05, 0) is 34.7 Å². The molecule has 0 saturated heterocycles. The average Bonchev–Trinajstić information content (AvgIpc) is 2.89. The lowest BCUT2D eigenvalue weighted by Gasteiger charge is -2.25. The van der Waals surface area contributed by atoms with Crippen molar-refractivity contribution in [2.24, 2.45) is 5.73 Å². The van der Waals surface area contributed by atoms with Crippen LogP contribution in [0.1, 0.15) is 43.4 Å². The Labute approximate surface area is 203 Å². The predicted octanol–water partition coefficient (Wildman–Crippen LogP) is 4.28. The molecule has 0 heterocycles. The van der Waals surface area contributed by atoms with Gasteiger partial charge in [-0.25, -0.2) is 8.42 Å². The normalized spacial score (nSPS) is 11.9. The fourth-order valence-electron chi connectivity index (χ4n) is 3.39. The van der Waals surface area contributed by atoms with Crippen molar-refractivity contribution in [2.75, 3.05) is 13.1 Å². The minimum absolute atomic E-state index is 0.0775. The standard InChI is InChI=1S/C25H29N3O3S.C2H6/c1-20(23-8-4-2-5-9-23)18-28(32(30,31)24-10-6-3-7-11-24)19-25(29)27-17-22-14-12-21(16-26)13-15-22;1-2/h2-15,20H,16-19,26H2,1H3,(H,27,29);1-2H3. The molecule has 0 spiro atoms. The van der Waals surface area contributed by atoms with Gasteiger partial charge in [0.2, 0.25) is 15.9 Å². The van der Waals surface area contributed by atoms with Crippen LogP contribution in [-0.2, 0) is 27.9 Å². The summed E-state index contributed by atoms with van der Waals surface area (Å²) in [4.78, 5) is 12.9. The van der Waals surface area contributed by atoms with Crippen molar-refractivity contribution in [3.8, 4) is 0 Å². The van der Waals surface area contributed by atoms with Gasteiger partial charge in [-0.2, -0.15) is 4.31 Å². The number of nitrogens with one attached hydrogen (secondary N) is 1. The van der Waals surface area contributed by atoms with Crippen molar-refractivity contribution in [3.05, 3.63) is 102 Å². The Kier molecular flexibility index (Phi) is 10.9. The molecule has 0 radical (unpaired) electrons. The Morgan fingerprint density at radius 3 is 1.97 bits per heavy atom. The second-order valence-corrected chi connectivity index (χ2v) is 9.66. The molecule has 3 aromatic carbocycles. The van der Waals surface area contributed by atoms with Gasteiger partial charge in [-0.1, -0.05) is 93.6 Å². The van der Waals surface area contributed by atoms with E-state index in [1.807, 2.05) is 75.4 Å². The Bertz CT molecular complexity index is 1100. The maximum Gasteiger partial charge on any atom is 0.243 e. The van der Waals surface area contributed by atoms with Crippen LogP contribution in [0.15, 0.2) is 89.8 Å². The first-order valence-corrected chi connectivity index (χ1v) is 13.0. The Balaban J connectivity index is 0.00000199. The summed E-state index contributed by atoms with van der Waals surface area (Å²) in [7, 11) is -3.83. The fourth-order valence-corrected chi connectivity index (χ4v) is 4.90. The van der Waals surface area contributed by atoms with Crippen molar-refractivity contribution >= 4 is 15.9 Å². The first-order chi connectivity index (χ1) is 16.4. The summed E-state index contributed by atoms with van der Waals surface area (Å²) in [6, 6.07) is 25.5. The van der Waals surface area contributed by atoms with Gasteiger partial charge in [0.05, 0.1) is 11.4 Å². The van der Waals surface area contributed by atoms with Crippen molar-refractivity contribution < 1.29 is 13.2 Å². The minimum Gasteiger partial charge on any atom is -0.351 e. The summed E-state index contributed by atoms with van der Waals surface area (Å²) in [6.07, 6.45) is 0. The van der Waals surface area contributed by atoms with Gasteiger partial charge in [0, 0.05) is 19.6 Å². The number of rotatable bonds is 10. The van der Waals surface area contributed by atoms with Crippen molar-refractivity contribution in [1.29, 1.82) is 0 Å². The molecule has 182 valence electrons. The third-order valence-electron chi connectivity index (χ3n) is 5.30. The van der Waals surface area contributed by atoms with Crippen molar-refractivity contribution in [1.82, 2.24) is 9.62 Å². The zero-order valence-corrected chi connectivity index (χ0v) is 21.0. The number of amides is 1. The minimum atomic E-state index is -3.83. The van der Waals surface area contributed by atoms with E-state index in [9.17, 15) is 13.2 Å². The Morgan fingerprint density at radius 1 is 0.882 bits per heavy atom. The molecular weight excluding hydrogens is 446 g/mol. The van der Waals surface area contributed by atoms with E-state index >= 15 is 0 Å². The van der Waals surface area contributed by atoms with Crippen molar-refractivity contribution in [3.63, 3.8) is 0 Å². The van der Waals surface area contributed by atoms with Crippen LogP contribution < -0.4 is 11.1 Å². The highest BCUT2D eigenvalue weighted by Crippen LogP contribution is 2.21. The molecule has 1 atom stereocenters. The van der Waals surface area contributed by atoms with Gasteiger partial charge in [0.15, 0.2) is 0 Å². The number of hydrogen-bond donors (Lipinski definition) is 2. The highest BCUT2D eigenvalue weighted by atomic mass is 32.2. The number of carbonyl (C=O) groups excluding carboxylic acids is 1. The van der Waals surface area contributed by atoms with Gasteiger partial charge in [-0.3, -0.25) is 4.79 Å². The Hall–Kier alpha value is -3.00. The summed E-state index contributed by atoms with van der Waals surface area (Å²) in [5.41, 5.74) is 8.56. The van der Waals surface area contributed by atoms with Gasteiger partial charge >= 0.3 is 0 Å². The molecule has 0 aliphatic heterocycles. The molecule has 1 unspecified atom stereocenters. The number of nitrogens with zero attached hydrogens (tertiary/aromatic N) is 1. The second-order valence-electron chi connectivity index (χ2n) is 7.72. The second kappa shape index (κ2) is 13.6. The molecule has 1 amide bonds. The number of sulfonamides is 1. The maximum atomic E-state index is 13.3. The summed E-state index contributed by atoms with van der Waals surface area (Å²) >= 11 is 0. The number of carbonyl (C=O) groups is 1. The Morgan fingerprint density at radius 2 is 1.41 bits per heavy atom. The van der Waals surface area contributed by atoms with E-state index < -0.39 is 10.0 Å². The smallest absolute Gasteiger partial charge is 0.243 e. The predicted molar refractivity (Wildman–Crippen MR) is 138 cm³/mol. The van der Waals surface area contributed by atoms with Gasteiger partial charge in [-0.15, -0.1) is 0 Å². The molecule has 3 aromatic rings. The largest absolute Gasteiger partial charge is 0.351 e. The van der Waals surface area contributed by atoms with Gasteiger partial charge in [0.25, 0.3) is 0 Å². The van der Waals surface area contributed by atoms with Crippen LogP contribution in [0.25, 0.3) is 0 Å². The van der Waals surface area contributed by atoms with E-state index in [2.05, 4.69) is 5.32 Å². The molecule has 34 heavy (non-hydrogen) atoms. The maximum absolute atomic E-state index is 13.3. The summed E-state index contributed by atoms with van der Waals surface area (Å²) in [5.74, 6) is -0.432. The van der Waals surface area contributed by atoms with E-state index in [0.29, 0.717) is 13.1 Å². The highest BCUT2D eigenvalue weighted by molar-refractivity contribution is 7.89. The van der Waals surface area contributed by atoms with E-state index in [1.54, 1.807) is 30.3 Å². The van der Waals surface area contributed by atoms with Crippen LogP contribution >= 0.6 is 0 Å². The van der Waals surface area contributed by atoms with Gasteiger partial charge < -0.3 is 11.1 Å². The van der Waals surface area contributed by atoms with E-state index in [0.717, 1.165) is 16.7 Å². The molecule has 0 aromatic heterocycles. The third-order valence-corrected chi connectivity index (χ3v) is 7.12. The van der Waals surface area contributed by atoms with Crippen LogP contribution in [0.3, 0.4) is 0 Å². The molecule has 3 N–H and O–H groups in total. The lowest BCUT2D eigenvalue weighted by atomic mass is 10.0. The van der Waals surface area contributed by atoms with Crippen LogP contribution in [0.2, 0.25) is 0 Å². The molecule has 0 saturated carbocycles. The number of nitrogens with two attached hydrogens (primary N) is 1. The molecule has 0 bridgehead atoms. The zero-order valence-electron chi connectivity index (χ0n) is 20.1. The van der Waals surface area contributed by atoms with Gasteiger partial charge in [0.1, 0.15) is 0 Å². The lowest BCUT2D eigenvalue weighted by molar-refractivity contribution is -0.121. The van der Waals surface area contributed by atoms with Crippen LogP contribution in [0, 0.1) is 0 Å². The van der Waals surface area contributed by atoms with Crippen LogP contribution in [-0.4, -0.2) is 31.7 Å². The SMILES string of the molecule is CC.CC(CN(CC(=O)NCc1ccc(CN)cc1)S(=O)(=O)c1ccccc1)c1ccccc1. The first-order valence-electron chi connectivity index (χ1n) is 11.5. The molecule has 3 rings (SSSR count). The summed E-state index contributed by atoms with van der Waals surface area (Å²) in [6.45, 7) is 6.67. The average molecular weight is 482 g/mol. The third kappa shape index (κ3) is 7.80. The summed E-state index contributed by atoms with van der Waals surface area (Å²) in [5, 5.41) is 2.83. The number of benzene rings is 3. The molecular formula is C27H35N3O3S. The van der Waals surface area contributed by atoms with E-state index in [4.69, 9.17) is 5.73 Å². The topological polar surface area (TPSA) is 92.5 Å². The van der Waals surface area contributed by atoms with E-state index in [1.165, 1.54) is 4.31 Å². The molecule has 0 aliphatic rings. The van der Waals surface area contributed by atoms with Crippen molar-refractivity contribution in [2.45, 2.75) is 44.7 Å². The molecule has 0 aliphatic carbocycles. The first kappa shape index (κ1) is 27.2. The molecule has 7 heteroatoms. The molecule has 6 nitrogen and oxygen atoms in total. The number of hydrogen-bond acceptors (Lipinski definition) is 4. The zero-order chi connectivity index (χ0) is 25.0. The fraction of sp³-hybridized carbons (Fsp3) is 0.296. The lowest BCUT2D eigenvalue weighted by Crippen LogP contribution is -2.42. The quantitative estimate of drug-likeness (QED) is 0.452. The summed E-state index contributed by atoms with van der Waals surface area (Å²) < 4.78 is 27.9. The molecule has 0 fully saturated rings. The monoisotopic (exact) mass is 481 g/mol. The highest BCUT2D eigenvalue weighted by Gasteiger charge is 2.28.